The van der Waals surface area contributed by atoms with E-state index >= 15 is 0 Å². The van der Waals surface area contributed by atoms with Gasteiger partial charge in [0.25, 0.3) is 10.1 Å². The summed E-state index contributed by atoms with van der Waals surface area (Å²) in [6.45, 7) is 0. The fourth-order valence-electron chi connectivity index (χ4n) is 1.23. The number of carboxylic acid groups (broad SMARTS) is 1. The molecule has 18 heavy (non-hydrogen) atoms. The molecule has 1 amide bonds. The first-order valence-corrected chi connectivity index (χ1v) is 5.98. The Bertz CT molecular complexity index is 614. The molecule has 0 aliphatic rings. The van der Waals surface area contributed by atoms with Gasteiger partial charge in [0.2, 0.25) is 5.91 Å². The molecule has 0 bridgehead atoms. The Balaban J connectivity index is 3.26. The Labute approximate surface area is 102 Å². The van der Waals surface area contributed by atoms with Crippen molar-refractivity contribution in [2.75, 3.05) is 0 Å². The zero-order valence-corrected chi connectivity index (χ0v) is 9.72. The molecule has 1 rings (SSSR count). The molecule has 1 aromatic rings. The maximum absolute atomic E-state index is 11.0. The van der Waals surface area contributed by atoms with E-state index in [4.69, 9.17) is 15.4 Å². The Hall–Kier alpha value is -2.19. The minimum Gasteiger partial charge on any atom is -0.478 e. The molecule has 0 saturated carbocycles. The smallest absolute Gasteiger partial charge is 0.329 e. The SMILES string of the molecule is NC(=O)/C(=C\C(=O)O)c1ccc(S(=O)(=O)O)cc1. The van der Waals surface area contributed by atoms with Crippen LogP contribution in [0.1, 0.15) is 5.56 Å². The number of hydrogen-bond acceptors (Lipinski definition) is 4. The fraction of sp³-hybridized carbons (Fsp3) is 0. The van der Waals surface area contributed by atoms with Gasteiger partial charge < -0.3 is 10.8 Å². The van der Waals surface area contributed by atoms with Crippen molar-refractivity contribution in [1.82, 2.24) is 0 Å². The molecule has 0 fully saturated rings. The third-order valence-corrected chi connectivity index (χ3v) is 2.86. The van der Waals surface area contributed by atoms with Crippen LogP contribution in [0.3, 0.4) is 0 Å². The number of rotatable bonds is 4. The Morgan fingerprint density at radius 1 is 1.17 bits per heavy atom. The van der Waals surface area contributed by atoms with Crippen LogP contribution in [0.15, 0.2) is 35.2 Å². The monoisotopic (exact) mass is 271 g/mol. The van der Waals surface area contributed by atoms with E-state index in [0.29, 0.717) is 6.08 Å². The molecule has 0 aliphatic heterocycles. The summed E-state index contributed by atoms with van der Waals surface area (Å²) in [6, 6.07) is 4.40. The van der Waals surface area contributed by atoms with Crippen molar-refractivity contribution in [1.29, 1.82) is 0 Å². The molecule has 0 aromatic heterocycles. The molecule has 0 radical (unpaired) electrons. The maximum Gasteiger partial charge on any atom is 0.329 e. The van der Waals surface area contributed by atoms with Crippen LogP contribution in [-0.2, 0) is 19.7 Å². The number of benzene rings is 1. The Morgan fingerprint density at radius 2 is 1.67 bits per heavy atom. The van der Waals surface area contributed by atoms with Crippen molar-refractivity contribution in [3.63, 3.8) is 0 Å². The van der Waals surface area contributed by atoms with Gasteiger partial charge in [-0.05, 0) is 17.7 Å². The summed E-state index contributed by atoms with van der Waals surface area (Å²) >= 11 is 0. The molecular weight excluding hydrogens is 262 g/mol. The van der Waals surface area contributed by atoms with Gasteiger partial charge in [0.05, 0.1) is 10.5 Å². The number of hydrogen-bond donors (Lipinski definition) is 3. The number of aliphatic carboxylic acids is 1. The summed E-state index contributed by atoms with van der Waals surface area (Å²) < 4.78 is 30.3. The highest BCUT2D eigenvalue weighted by atomic mass is 32.2. The summed E-state index contributed by atoms with van der Waals surface area (Å²) in [6.07, 6.45) is 0.616. The molecule has 0 aliphatic carbocycles. The lowest BCUT2D eigenvalue weighted by Crippen LogP contribution is -2.14. The number of carbonyl (C=O) groups excluding carboxylic acids is 1. The first kappa shape index (κ1) is 13.9. The third-order valence-electron chi connectivity index (χ3n) is 2.00. The maximum atomic E-state index is 11.0. The van der Waals surface area contributed by atoms with Gasteiger partial charge in [0.15, 0.2) is 0 Å². The van der Waals surface area contributed by atoms with Gasteiger partial charge in [-0.3, -0.25) is 9.35 Å². The first-order valence-electron chi connectivity index (χ1n) is 4.54. The second kappa shape index (κ2) is 4.98. The fourth-order valence-corrected chi connectivity index (χ4v) is 1.71. The average molecular weight is 271 g/mol. The lowest BCUT2D eigenvalue weighted by molar-refractivity contribution is -0.131. The minimum absolute atomic E-state index is 0.136. The Morgan fingerprint density at radius 3 is 2.00 bits per heavy atom. The van der Waals surface area contributed by atoms with Crippen molar-refractivity contribution in [3.8, 4) is 0 Å². The number of carbonyl (C=O) groups is 2. The van der Waals surface area contributed by atoms with Gasteiger partial charge in [0, 0.05) is 6.08 Å². The molecule has 8 heteroatoms. The number of amides is 1. The molecule has 0 heterocycles. The van der Waals surface area contributed by atoms with E-state index in [-0.39, 0.29) is 16.0 Å². The molecule has 96 valence electrons. The molecule has 1 aromatic carbocycles. The van der Waals surface area contributed by atoms with Crippen LogP contribution in [0.5, 0.6) is 0 Å². The van der Waals surface area contributed by atoms with E-state index in [0.717, 1.165) is 12.1 Å². The van der Waals surface area contributed by atoms with E-state index < -0.39 is 22.0 Å². The van der Waals surface area contributed by atoms with E-state index in [9.17, 15) is 18.0 Å². The van der Waals surface area contributed by atoms with Crippen LogP contribution in [0.2, 0.25) is 0 Å². The van der Waals surface area contributed by atoms with Crippen molar-refractivity contribution in [2.24, 2.45) is 5.73 Å². The highest BCUT2D eigenvalue weighted by Crippen LogP contribution is 2.17. The molecule has 0 atom stereocenters. The van der Waals surface area contributed by atoms with Crippen LogP contribution < -0.4 is 5.73 Å². The van der Waals surface area contributed by atoms with Gasteiger partial charge in [-0.1, -0.05) is 12.1 Å². The zero-order valence-electron chi connectivity index (χ0n) is 8.90. The molecule has 0 spiro atoms. The van der Waals surface area contributed by atoms with Crippen molar-refractivity contribution >= 4 is 27.6 Å². The van der Waals surface area contributed by atoms with E-state index in [1.807, 2.05) is 0 Å². The molecule has 4 N–H and O–H groups in total. The average Bonchev–Trinajstić information content (AvgIpc) is 2.24. The summed E-state index contributed by atoms with van der Waals surface area (Å²) in [5.74, 6) is -2.32. The Kier molecular flexibility index (Phi) is 3.84. The minimum atomic E-state index is -4.34. The first-order chi connectivity index (χ1) is 8.21. The molecule has 7 nitrogen and oxygen atoms in total. The van der Waals surface area contributed by atoms with Crippen LogP contribution in [0.25, 0.3) is 5.57 Å². The molecule has 0 unspecified atom stereocenters. The van der Waals surface area contributed by atoms with Crippen LogP contribution in [0.4, 0.5) is 0 Å². The predicted octanol–water partition coefficient (Wildman–Crippen LogP) is -0.113. The van der Waals surface area contributed by atoms with Gasteiger partial charge in [0.1, 0.15) is 0 Å². The van der Waals surface area contributed by atoms with E-state index in [1.54, 1.807) is 0 Å². The lowest BCUT2D eigenvalue weighted by atomic mass is 10.1. The van der Waals surface area contributed by atoms with Crippen molar-refractivity contribution in [3.05, 3.63) is 35.9 Å². The summed E-state index contributed by atoms with van der Waals surface area (Å²) in [5.41, 5.74) is 4.87. The largest absolute Gasteiger partial charge is 0.478 e. The zero-order chi connectivity index (χ0) is 13.9. The van der Waals surface area contributed by atoms with Gasteiger partial charge in [-0.2, -0.15) is 8.42 Å². The quantitative estimate of drug-likeness (QED) is 0.516. The lowest BCUT2D eigenvalue weighted by Gasteiger charge is -2.03. The topological polar surface area (TPSA) is 135 Å². The normalized spacial score (nSPS) is 12.2. The van der Waals surface area contributed by atoms with Crippen LogP contribution in [0, 0.1) is 0 Å². The molecular formula is C10H9NO6S. The van der Waals surface area contributed by atoms with E-state index in [2.05, 4.69) is 0 Å². The van der Waals surface area contributed by atoms with Crippen LogP contribution in [-0.4, -0.2) is 30.0 Å². The summed E-state index contributed by atoms with van der Waals surface area (Å²) in [7, 11) is -4.34. The third kappa shape index (κ3) is 3.40. The summed E-state index contributed by atoms with van der Waals surface area (Å²) in [5, 5.41) is 8.56. The second-order valence-corrected chi connectivity index (χ2v) is 4.68. The van der Waals surface area contributed by atoms with Gasteiger partial charge in [-0.25, -0.2) is 4.79 Å². The highest BCUT2D eigenvalue weighted by molar-refractivity contribution is 7.85. The summed E-state index contributed by atoms with van der Waals surface area (Å²) in [4.78, 5) is 21.2. The van der Waals surface area contributed by atoms with E-state index in [1.165, 1.54) is 12.1 Å². The standard InChI is InChI=1S/C10H9NO6S/c11-10(14)8(5-9(12)13)6-1-3-7(4-2-6)18(15,16)17/h1-5H,(H2,11,14)(H,12,13)(H,15,16,17)/b8-5-. The highest BCUT2D eigenvalue weighted by Gasteiger charge is 2.13. The number of primary amides is 1. The van der Waals surface area contributed by atoms with Crippen molar-refractivity contribution < 1.29 is 27.7 Å². The molecule has 0 saturated heterocycles. The number of carboxylic acids is 1. The van der Waals surface area contributed by atoms with Crippen LogP contribution >= 0.6 is 0 Å². The number of nitrogens with two attached hydrogens (primary N) is 1. The predicted molar refractivity (Wildman–Crippen MR) is 61.1 cm³/mol. The van der Waals surface area contributed by atoms with Crippen molar-refractivity contribution in [2.45, 2.75) is 4.90 Å². The van der Waals surface area contributed by atoms with Gasteiger partial charge >= 0.3 is 5.97 Å². The second-order valence-electron chi connectivity index (χ2n) is 3.26. The van der Waals surface area contributed by atoms with Gasteiger partial charge in [-0.15, -0.1) is 0 Å².